The highest BCUT2D eigenvalue weighted by atomic mass is 16.3. The second-order valence-corrected chi connectivity index (χ2v) is 3.50. The largest absolute Gasteiger partial charge is 0.509 e. The summed E-state index contributed by atoms with van der Waals surface area (Å²) in [4.78, 5) is 11.3. The van der Waals surface area contributed by atoms with Crippen LogP contribution in [-0.2, 0) is 4.79 Å². The lowest BCUT2D eigenvalue weighted by molar-refractivity contribution is -0.116. The Morgan fingerprint density at radius 1 is 1.37 bits per heavy atom. The molecule has 0 rings (SSSR count). The van der Waals surface area contributed by atoms with Crippen LogP contribution in [-0.4, -0.2) is 22.7 Å². The molecule has 0 aromatic heterocycles. The molecule has 0 fully saturated rings. The highest BCUT2D eigenvalue weighted by Crippen LogP contribution is 2.03. The smallest absolute Gasteiger partial charge is 0.243 e. The number of hydrogen-bond acceptors (Lipinski definition) is 3. The molecule has 0 radical (unpaired) electrons. The van der Waals surface area contributed by atoms with E-state index < -0.39 is 0 Å². The van der Waals surface area contributed by atoms with E-state index in [2.05, 4.69) is 17.8 Å². The van der Waals surface area contributed by atoms with E-state index in [1.165, 1.54) is 30.4 Å². The second kappa shape index (κ2) is 9.37. The lowest BCUT2D eigenvalue weighted by Gasteiger charge is -2.04. The van der Waals surface area contributed by atoms with E-state index in [4.69, 9.17) is 11.5 Å². The molecule has 0 aliphatic carbocycles. The highest BCUT2D eigenvalue weighted by Gasteiger charge is 1.98. The van der Waals surface area contributed by atoms with E-state index in [9.17, 15) is 9.90 Å². The molecule has 0 saturated heterocycles. The molecule has 0 spiro atoms. The third kappa shape index (κ3) is 9.07. The number of terminal acetylenes is 1. The SMILES string of the molecule is C#C\C=C(O)/C=C(/C=C/C(=C)O)CNC(=O)/C=C/C. The van der Waals surface area contributed by atoms with Gasteiger partial charge in [-0.1, -0.05) is 24.7 Å². The first kappa shape index (κ1) is 16.3. The van der Waals surface area contributed by atoms with Crippen molar-refractivity contribution in [2.75, 3.05) is 6.54 Å². The van der Waals surface area contributed by atoms with E-state index in [1.807, 2.05) is 0 Å². The van der Waals surface area contributed by atoms with E-state index in [1.54, 1.807) is 13.0 Å². The van der Waals surface area contributed by atoms with Crippen molar-refractivity contribution >= 4 is 5.91 Å². The number of nitrogens with one attached hydrogen (secondary N) is 1. The summed E-state index contributed by atoms with van der Waals surface area (Å²) >= 11 is 0. The van der Waals surface area contributed by atoms with Crippen molar-refractivity contribution in [3.8, 4) is 12.3 Å². The minimum absolute atomic E-state index is 0.119. The summed E-state index contributed by atoms with van der Waals surface area (Å²) in [6.07, 6.45) is 13.4. The van der Waals surface area contributed by atoms with Gasteiger partial charge >= 0.3 is 0 Å². The Morgan fingerprint density at radius 3 is 2.58 bits per heavy atom. The molecule has 3 N–H and O–H groups in total. The molecule has 0 aliphatic rings. The Kier molecular flexibility index (Phi) is 8.05. The molecule has 0 atom stereocenters. The normalized spacial score (nSPS) is 12.6. The van der Waals surface area contributed by atoms with Crippen LogP contribution in [0.1, 0.15) is 6.92 Å². The van der Waals surface area contributed by atoms with Crippen LogP contribution in [0.4, 0.5) is 0 Å². The number of aliphatic hydroxyl groups excluding tert-OH is 2. The standard InChI is InChI=1S/C15H17NO3/c1-4-6-14(18)10-13(9-8-12(3)17)11-16-15(19)7-5-2/h1,5-10,17-18H,3,11H2,2H3,(H,16,19)/b7-5+,9-8+,13-10-,14-6+. The summed E-state index contributed by atoms with van der Waals surface area (Å²) < 4.78 is 0. The first-order chi connectivity index (χ1) is 8.99. The maximum absolute atomic E-state index is 11.3. The van der Waals surface area contributed by atoms with E-state index in [-0.39, 0.29) is 24.0 Å². The van der Waals surface area contributed by atoms with Gasteiger partial charge in [0.25, 0.3) is 0 Å². The summed E-state index contributed by atoms with van der Waals surface area (Å²) in [6, 6.07) is 0. The first-order valence-corrected chi connectivity index (χ1v) is 5.52. The molecule has 1 amide bonds. The van der Waals surface area contributed by atoms with Crippen molar-refractivity contribution in [1.29, 1.82) is 0 Å². The van der Waals surface area contributed by atoms with Gasteiger partial charge in [-0.05, 0) is 30.7 Å². The molecule has 4 heteroatoms. The minimum Gasteiger partial charge on any atom is -0.509 e. The molecular formula is C15H17NO3. The molecular weight excluding hydrogens is 242 g/mol. The average Bonchev–Trinajstić information content (AvgIpc) is 2.33. The van der Waals surface area contributed by atoms with Gasteiger partial charge in [0.15, 0.2) is 0 Å². The van der Waals surface area contributed by atoms with Gasteiger partial charge < -0.3 is 15.5 Å². The number of hydrogen-bond donors (Lipinski definition) is 3. The number of aliphatic hydroxyl groups is 2. The zero-order chi connectivity index (χ0) is 14.7. The van der Waals surface area contributed by atoms with E-state index in [0.717, 1.165) is 0 Å². The molecule has 0 unspecified atom stereocenters. The molecule has 0 aromatic rings. The number of allylic oxidation sites excluding steroid dienone is 4. The Balaban J connectivity index is 4.88. The van der Waals surface area contributed by atoms with Crippen molar-refractivity contribution in [2.24, 2.45) is 0 Å². The monoisotopic (exact) mass is 259 g/mol. The lowest BCUT2D eigenvalue weighted by atomic mass is 10.2. The van der Waals surface area contributed by atoms with Gasteiger partial charge in [-0.2, -0.15) is 0 Å². The van der Waals surface area contributed by atoms with E-state index in [0.29, 0.717) is 5.57 Å². The van der Waals surface area contributed by atoms with Crippen LogP contribution < -0.4 is 5.32 Å². The van der Waals surface area contributed by atoms with Crippen LogP contribution in [0.25, 0.3) is 0 Å². The van der Waals surface area contributed by atoms with Crippen molar-refractivity contribution in [3.05, 3.63) is 60.1 Å². The molecule has 0 aliphatic heterocycles. The number of carbonyl (C=O) groups excluding carboxylic acids is 1. The second-order valence-electron chi connectivity index (χ2n) is 3.50. The van der Waals surface area contributed by atoms with Gasteiger partial charge in [-0.25, -0.2) is 0 Å². The predicted molar refractivity (Wildman–Crippen MR) is 76.4 cm³/mol. The Labute approximate surface area is 113 Å². The summed E-state index contributed by atoms with van der Waals surface area (Å²) in [7, 11) is 0. The number of carbonyl (C=O) groups is 1. The first-order valence-electron chi connectivity index (χ1n) is 5.52. The van der Waals surface area contributed by atoms with Crippen LogP contribution in [0, 0.1) is 12.3 Å². The van der Waals surface area contributed by atoms with E-state index >= 15 is 0 Å². The topological polar surface area (TPSA) is 69.6 Å². The highest BCUT2D eigenvalue weighted by molar-refractivity contribution is 5.87. The zero-order valence-electron chi connectivity index (χ0n) is 10.8. The quantitative estimate of drug-likeness (QED) is 0.297. The third-order valence-electron chi connectivity index (χ3n) is 1.84. The van der Waals surface area contributed by atoms with Gasteiger partial charge in [0.2, 0.25) is 5.91 Å². The van der Waals surface area contributed by atoms with Crippen molar-refractivity contribution in [1.82, 2.24) is 5.32 Å². The van der Waals surface area contributed by atoms with Crippen LogP contribution in [0.15, 0.2) is 60.1 Å². The van der Waals surface area contributed by atoms with Crippen molar-refractivity contribution in [2.45, 2.75) is 6.92 Å². The maximum Gasteiger partial charge on any atom is 0.243 e. The third-order valence-corrected chi connectivity index (χ3v) is 1.84. The number of rotatable bonds is 6. The van der Waals surface area contributed by atoms with Gasteiger partial charge in [-0.3, -0.25) is 4.79 Å². The fourth-order valence-electron chi connectivity index (χ4n) is 1.08. The average molecular weight is 259 g/mol. The van der Waals surface area contributed by atoms with Gasteiger partial charge in [-0.15, -0.1) is 6.42 Å². The molecule has 0 heterocycles. The Bertz CT molecular complexity index is 488. The minimum atomic E-state index is -0.259. The van der Waals surface area contributed by atoms with Gasteiger partial charge in [0.05, 0.1) is 0 Å². The maximum atomic E-state index is 11.3. The fraction of sp³-hybridized carbons (Fsp3) is 0.133. The molecule has 19 heavy (non-hydrogen) atoms. The summed E-state index contributed by atoms with van der Waals surface area (Å²) in [5, 5.41) is 21.0. The van der Waals surface area contributed by atoms with Crippen molar-refractivity contribution in [3.63, 3.8) is 0 Å². The van der Waals surface area contributed by atoms with Crippen LogP contribution in [0.2, 0.25) is 0 Å². The number of amides is 1. The Morgan fingerprint density at radius 2 is 2.05 bits per heavy atom. The molecule has 0 bridgehead atoms. The van der Waals surface area contributed by atoms with Crippen LogP contribution in [0.5, 0.6) is 0 Å². The van der Waals surface area contributed by atoms with Gasteiger partial charge in [0.1, 0.15) is 11.5 Å². The summed E-state index contributed by atoms with van der Waals surface area (Å²) in [5.41, 5.74) is 0.553. The fourth-order valence-corrected chi connectivity index (χ4v) is 1.08. The van der Waals surface area contributed by atoms with Crippen LogP contribution in [0.3, 0.4) is 0 Å². The van der Waals surface area contributed by atoms with Crippen LogP contribution >= 0.6 is 0 Å². The summed E-state index contributed by atoms with van der Waals surface area (Å²) in [6.45, 7) is 5.21. The molecule has 0 aromatic carbocycles. The lowest BCUT2D eigenvalue weighted by Crippen LogP contribution is -2.23. The summed E-state index contributed by atoms with van der Waals surface area (Å²) in [5.74, 6) is 1.66. The molecule has 0 saturated carbocycles. The Hall–Kier alpha value is -2.67. The van der Waals surface area contributed by atoms with Crippen molar-refractivity contribution < 1.29 is 15.0 Å². The zero-order valence-corrected chi connectivity index (χ0v) is 10.8. The van der Waals surface area contributed by atoms with Gasteiger partial charge in [0, 0.05) is 12.6 Å². The molecule has 100 valence electrons. The predicted octanol–water partition coefficient (Wildman–Crippen LogP) is 2.31. The molecule has 4 nitrogen and oxygen atoms in total.